The predicted octanol–water partition coefficient (Wildman–Crippen LogP) is 4.65. The molecule has 4 aromatic rings. The van der Waals surface area contributed by atoms with Gasteiger partial charge in [-0.3, -0.25) is 10.1 Å². The van der Waals surface area contributed by atoms with E-state index in [1.165, 1.54) is 16.7 Å². The topological polar surface area (TPSA) is 46.9 Å². The number of hydrogen-bond donors (Lipinski definition) is 1. The van der Waals surface area contributed by atoms with E-state index in [4.69, 9.17) is 0 Å². The van der Waals surface area contributed by atoms with Crippen LogP contribution in [0.3, 0.4) is 0 Å². The summed E-state index contributed by atoms with van der Waals surface area (Å²) in [7, 11) is 0. The Morgan fingerprint density at radius 2 is 1.88 bits per heavy atom. The molecule has 2 aromatic heterocycles. The highest BCUT2D eigenvalue weighted by Gasteiger charge is 2.09. The third-order valence-electron chi connectivity index (χ3n) is 3.85. The summed E-state index contributed by atoms with van der Waals surface area (Å²) in [5, 5.41) is 4.64. The quantitative estimate of drug-likeness (QED) is 0.593. The number of carbonyl (C=O) groups is 1. The van der Waals surface area contributed by atoms with Crippen molar-refractivity contribution in [2.24, 2.45) is 0 Å². The summed E-state index contributed by atoms with van der Waals surface area (Å²) in [6.45, 7) is 1.96. The molecular formula is C19H15N3OS. The van der Waals surface area contributed by atoms with E-state index in [-0.39, 0.29) is 5.91 Å². The highest BCUT2D eigenvalue weighted by molar-refractivity contribution is 7.15. The molecule has 0 fully saturated rings. The first kappa shape index (κ1) is 14.7. The van der Waals surface area contributed by atoms with Gasteiger partial charge in [0.05, 0.1) is 5.52 Å². The average Bonchev–Trinajstić information content (AvgIpc) is 3.21. The number of rotatable bonds is 3. The summed E-state index contributed by atoms with van der Waals surface area (Å²) in [6.07, 6.45) is 3.79. The molecule has 0 spiro atoms. The zero-order chi connectivity index (χ0) is 16.5. The second-order valence-corrected chi connectivity index (χ2v) is 6.76. The highest BCUT2D eigenvalue weighted by atomic mass is 32.1. The first-order valence-corrected chi connectivity index (χ1v) is 8.43. The lowest BCUT2D eigenvalue weighted by Crippen LogP contribution is -2.11. The second kappa shape index (κ2) is 5.94. The summed E-state index contributed by atoms with van der Waals surface area (Å²) in [5.74, 6) is -0.145. The molecule has 24 heavy (non-hydrogen) atoms. The van der Waals surface area contributed by atoms with Gasteiger partial charge in [0, 0.05) is 28.5 Å². The molecule has 0 aliphatic heterocycles. The van der Waals surface area contributed by atoms with E-state index in [0.717, 1.165) is 16.1 Å². The maximum Gasteiger partial charge on any atom is 0.257 e. The first-order chi connectivity index (χ1) is 11.7. The van der Waals surface area contributed by atoms with Crippen LogP contribution in [0.15, 0.2) is 67.0 Å². The van der Waals surface area contributed by atoms with Gasteiger partial charge in [-0.2, -0.15) is 0 Å². The van der Waals surface area contributed by atoms with Crippen molar-refractivity contribution in [3.8, 4) is 5.69 Å². The van der Waals surface area contributed by atoms with Crippen molar-refractivity contribution in [2.75, 3.05) is 5.32 Å². The summed E-state index contributed by atoms with van der Waals surface area (Å²) < 4.78 is 2.11. The molecule has 1 amide bonds. The van der Waals surface area contributed by atoms with Crippen LogP contribution in [0.25, 0.3) is 16.6 Å². The molecule has 0 radical (unpaired) electrons. The molecule has 0 bridgehead atoms. The van der Waals surface area contributed by atoms with Gasteiger partial charge in [0.2, 0.25) is 0 Å². The van der Waals surface area contributed by atoms with Gasteiger partial charge in [-0.05, 0) is 48.7 Å². The predicted molar refractivity (Wildman–Crippen MR) is 98.1 cm³/mol. The molecule has 4 rings (SSSR count). The zero-order valence-electron chi connectivity index (χ0n) is 13.1. The summed E-state index contributed by atoms with van der Waals surface area (Å²) in [6, 6.07) is 17.9. The lowest BCUT2D eigenvalue weighted by Gasteiger charge is -2.07. The standard InChI is InChI=1S/C19H15N3OS/c1-13-12-20-19(24-13)21-18(23)15-6-8-16(9-7-15)22-11-10-14-4-2-3-5-17(14)22/h2-12H,1H3,(H,20,21,23). The van der Waals surface area contributed by atoms with Crippen molar-refractivity contribution in [1.29, 1.82) is 0 Å². The van der Waals surface area contributed by atoms with Gasteiger partial charge < -0.3 is 4.57 Å². The number of nitrogens with one attached hydrogen (secondary N) is 1. The fourth-order valence-corrected chi connectivity index (χ4v) is 3.32. The van der Waals surface area contributed by atoms with Gasteiger partial charge in [0.15, 0.2) is 5.13 Å². The molecule has 1 N–H and O–H groups in total. The van der Waals surface area contributed by atoms with E-state index < -0.39 is 0 Å². The van der Waals surface area contributed by atoms with Crippen LogP contribution >= 0.6 is 11.3 Å². The molecule has 0 saturated carbocycles. The molecule has 0 atom stereocenters. The minimum atomic E-state index is -0.145. The van der Waals surface area contributed by atoms with Gasteiger partial charge in [0.1, 0.15) is 0 Å². The number of carbonyl (C=O) groups excluding carboxylic acids is 1. The normalized spacial score (nSPS) is 10.9. The Morgan fingerprint density at radius 1 is 1.08 bits per heavy atom. The molecule has 0 saturated heterocycles. The van der Waals surface area contributed by atoms with Crippen LogP contribution in [0.2, 0.25) is 0 Å². The number of anilines is 1. The van der Waals surface area contributed by atoms with Crippen LogP contribution in [-0.2, 0) is 0 Å². The lowest BCUT2D eigenvalue weighted by molar-refractivity contribution is 0.102. The summed E-state index contributed by atoms with van der Waals surface area (Å²) >= 11 is 1.47. The van der Waals surface area contributed by atoms with Crippen molar-refractivity contribution >= 4 is 33.3 Å². The molecular weight excluding hydrogens is 318 g/mol. The van der Waals surface area contributed by atoms with Gasteiger partial charge in [-0.15, -0.1) is 11.3 Å². The van der Waals surface area contributed by atoms with Crippen LogP contribution in [0.4, 0.5) is 5.13 Å². The molecule has 118 valence electrons. The van der Waals surface area contributed by atoms with Crippen molar-refractivity contribution < 1.29 is 4.79 Å². The van der Waals surface area contributed by atoms with Crippen LogP contribution < -0.4 is 5.32 Å². The van der Waals surface area contributed by atoms with Crippen molar-refractivity contribution in [3.63, 3.8) is 0 Å². The number of benzene rings is 2. The molecule has 2 aromatic carbocycles. The fraction of sp³-hybridized carbons (Fsp3) is 0.0526. The minimum Gasteiger partial charge on any atom is -0.317 e. The largest absolute Gasteiger partial charge is 0.317 e. The third kappa shape index (κ3) is 2.70. The van der Waals surface area contributed by atoms with Crippen LogP contribution in [-0.4, -0.2) is 15.5 Å². The van der Waals surface area contributed by atoms with Crippen molar-refractivity contribution in [1.82, 2.24) is 9.55 Å². The summed E-state index contributed by atoms with van der Waals surface area (Å²) in [5.41, 5.74) is 2.79. The average molecular weight is 333 g/mol. The Kier molecular flexibility index (Phi) is 3.63. The van der Waals surface area contributed by atoms with E-state index in [0.29, 0.717) is 10.7 Å². The minimum absolute atomic E-state index is 0.145. The molecule has 0 aliphatic carbocycles. The Hall–Kier alpha value is -2.92. The highest BCUT2D eigenvalue weighted by Crippen LogP contribution is 2.21. The van der Waals surface area contributed by atoms with Crippen molar-refractivity contribution in [3.05, 3.63) is 77.4 Å². The monoisotopic (exact) mass is 333 g/mol. The molecule has 2 heterocycles. The van der Waals surface area contributed by atoms with E-state index >= 15 is 0 Å². The Morgan fingerprint density at radius 3 is 2.62 bits per heavy atom. The number of para-hydroxylation sites is 1. The van der Waals surface area contributed by atoms with Gasteiger partial charge >= 0.3 is 0 Å². The van der Waals surface area contributed by atoms with E-state index in [2.05, 4.69) is 33.1 Å². The van der Waals surface area contributed by atoms with Gasteiger partial charge in [-0.1, -0.05) is 18.2 Å². The van der Waals surface area contributed by atoms with E-state index in [9.17, 15) is 4.79 Å². The Bertz CT molecular complexity index is 1010. The fourth-order valence-electron chi connectivity index (χ4n) is 2.66. The Labute approximate surface area is 143 Å². The number of aryl methyl sites for hydroxylation is 1. The van der Waals surface area contributed by atoms with Crippen LogP contribution in [0.5, 0.6) is 0 Å². The Balaban J connectivity index is 1.59. The first-order valence-electron chi connectivity index (χ1n) is 7.61. The smallest absolute Gasteiger partial charge is 0.257 e. The summed E-state index contributed by atoms with van der Waals surface area (Å²) in [4.78, 5) is 17.5. The molecule has 5 heteroatoms. The maximum absolute atomic E-state index is 12.3. The third-order valence-corrected chi connectivity index (χ3v) is 4.68. The number of aromatic nitrogens is 2. The SMILES string of the molecule is Cc1cnc(NC(=O)c2ccc(-n3ccc4ccccc43)cc2)s1. The number of thiazole rings is 1. The van der Waals surface area contributed by atoms with Crippen LogP contribution in [0, 0.1) is 6.92 Å². The number of amides is 1. The molecule has 0 aliphatic rings. The molecule has 0 unspecified atom stereocenters. The van der Waals surface area contributed by atoms with Gasteiger partial charge in [-0.25, -0.2) is 4.98 Å². The van der Waals surface area contributed by atoms with E-state index in [1.54, 1.807) is 6.20 Å². The lowest BCUT2D eigenvalue weighted by atomic mass is 10.2. The molecule has 4 nitrogen and oxygen atoms in total. The van der Waals surface area contributed by atoms with Gasteiger partial charge in [0.25, 0.3) is 5.91 Å². The van der Waals surface area contributed by atoms with Crippen LogP contribution in [0.1, 0.15) is 15.2 Å². The van der Waals surface area contributed by atoms with E-state index in [1.807, 2.05) is 49.5 Å². The maximum atomic E-state index is 12.3. The zero-order valence-corrected chi connectivity index (χ0v) is 13.9. The number of nitrogens with zero attached hydrogens (tertiary/aromatic N) is 2. The number of hydrogen-bond acceptors (Lipinski definition) is 3. The second-order valence-electron chi connectivity index (χ2n) is 5.52. The number of fused-ring (bicyclic) bond motifs is 1. The van der Waals surface area contributed by atoms with Crippen molar-refractivity contribution in [2.45, 2.75) is 6.92 Å².